The molecule has 0 bridgehead atoms. The van der Waals surface area contributed by atoms with Crippen molar-refractivity contribution in [1.82, 2.24) is 0 Å². The Bertz CT molecular complexity index is 828. The molecule has 0 aromatic heterocycles. The maximum absolute atomic E-state index is 12.5. The van der Waals surface area contributed by atoms with E-state index >= 15 is 0 Å². The number of carbonyl (C=O) groups is 4. The van der Waals surface area contributed by atoms with Crippen molar-refractivity contribution in [3.8, 4) is 0 Å². The third kappa shape index (κ3) is 5.75. The molecule has 0 saturated heterocycles. The summed E-state index contributed by atoms with van der Waals surface area (Å²) in [5.41, 5.74) is -0.218. The lowest BCUT2D eigenvalue weighted by atomic mass is 10.1. The first-order chi connectivity index (χ1) is 14.0. The van der Waals surface area contributed by atoms with Crippen molar-refractivity contribution < 1.29 is 33.4 Å². The molecule has 152 valence electrons. The molecular formula is C22H22O7. The molecule has 0 aliphatic carbocycles. The first kappa shape index (κ1) is 21.8. The third-order valence-electron chi connectivity index (χ3n) is 3.79. The van der Waals surface area contributed by atoms with E-state index in [1.165, 1.54) is 36.4 Å². The lowest BCUT2D eigenvalue weighted by molar-refractivity contribution is 0.0372. The second-order valence-electron chi connectivity index (χ2n) is 6.04. The highest BCUT2D eigenvalue weighted by atomic mass is 16.6. The maximum Gasteiger partial charge on any atom is 0.346 e. The van der Waals surface area contributed by atoms with E-state index in [0.29, 0.717) is 12.8 Å². The average molecular weight is 398 g/mol. The largest absolute Gasteiger partial charge is 0.462 e. The van der Waals surface area contributed by atoms with Crippen LogP contribution in [0.25, 0.3) is 0 Å². The van der Waals surface area contributed by atoms with Crippen molar-refractivity contribution in [3.63, 3.8) is 0 Å². The Kier molecular flexibility index (Phi) is 8.09. The fourth-order valence-corrected chi connectivity index (χ4v) is 2.42. The molecule has 0 heterocycles. The molecule has 0 aliphatic rings. The molecule has 0 saturated carbocycles. The van der Waals surface area contributed by atoms with E-state index in [-0.39, 0.29) is 35.5 Å². The van der Waals surface area contributed by atoms with E-state index in [1.807, 2.05) is 13.8 Å². The number of ether oxygens (including phenoxy) is 3. The molecule has 0 unspecified atom stereocenters. The van der Waals surface area contributed by atoms with Crippen LogP contribution in [0.3, 0.4) is 0 Å². The molecule has 7 nitrogen and oxygen atoms in total. The molecule has 7 heteroatoms. The van der Waals surface area contributed by atoms with Gasteiger partial charge in [0.2, 0.25) is 0 Å². The molecule has 2 aromatic rings. The molecule has 29 heavy (non-hydrogen) atoms. The Hall–Kier alpha value is -3.48. The Morgan fingerprint density at radius 1 is 0.586 bits per heavy atom. The zero-order valence-electron chi connectivity index (χ0n) is 16.3. The first-order valence-corrected chi connectivity index (χ1v) is 9.28. The first-order valence-electron chi connectivity index (χ1n) is 9.28. The summed E-state index contributed by atoms with van der Waals surface area (Å²) in [5.74, 6) is -3.41. The smallest absolute Gasteiger partial charge is 0.346 e. The number of rotatable bonds is 8. The van der Waals surface area contributed by atoms with E-state index in [4.69, 9.17) is 14.2 Å². The van der Waals surface area contributed by atoms with Gasteiger partial charge in [0, 0.05) is 0 Å². The predicted octanol–water partition coefficient (Wildman–Crippen LogP) is 3.82. The molecule has 0 aliphatic heterocycles. The van der Waals surface area contributed by atoms with Crippen LogP contribution in [0.15, 0.2) is 48.5 Å². The second-order valence-corrected chi connectivity index (χ2v) is 6.04. The van der Waals surface area contributed by atoms with Crippen LogP contribution in [0.5, 0.6) is 0 Å². The monoisotopic (exact) mass is 398 g/mol. The molecule has 2 aromatic carbocycles. The van der Waals surface area contributed by atoms with Gasteiger partial charge in [0.15, 0.2) is 0 Å². The van der Waals surface area contributed by atoms with Gasteiger partial charge in [-0.3, -0.25) is 0 Å². The van der Waals surface area contributed by atoms with Crippen molar-refractivity contribution in [2.45, 2.75) is 26.7 Å². The topological polar surface area (TPSA) is 96.0 Å². The lowest BCUT2D eigenvalue weighted by Gasteiger charge is -2.10. The highest BCUT2D eigenvalue weighted by molar-refractivity contribution is 6.10. The van der Waals surface area contributed by atoms with Gasteiger partial charge in [-0.25, -0.2) is 19.2 Å². The number of hydrogen-bond acceptors (Lipinski definition) is 7. The van der Waals surface area contributed by atoms with Crippen molar-refractivity contribution in [2.24, 2.45) is 0 Å². The van der Waals surface area contributed by atoms with Crippen LogP contribution >= 0.6 is 0 Å². The van der Waals surface area contributed by atoms with Crippen LogP contribution < -0.4 is 0 Å². The fraction of sp³-hybridized carbons (Fsp3) is 0.273. The minimum absolute atomic E-state index is 0.00519. The highest BCUT2D eigenvalue weighted by Crippen LogP contribution is 2.16. The van der Waals surface area contributed by atoms with Crippen LogP contribution in [-0.2, 0) is 14.2 Å². The van der Waals surface area contributed by atoms with E-state index in [9.17, 15) is 19.2 Å². The van der Waals surface area contributed by atoms with Crippen LogP contribution in [0.4, 0.5) is 0 Å². The summed E-state index contributed by atoms with van der Waals surface area (Å²) in [4.78, 5) is 49.3. The zero-order valence-corrected chi connectivity index (χ0v) is 16.3. The Balaban J connectivity index is 2.22. The third-order valence-corrected chi connectivity index (χ3v) is 3.79. The summed E-state index contributed by atoms with van der Waals surface area (Å²) in [5, 5.41) is 0. The number of carbonyl (C=O) groups excluding carboxylic acids is 4. The van der Waals surface area contributed by atoms with Gasteiger partial charge >= 0.3 is 23.9 Å². The SMILES string of the molecule is CCCOC(=O)c1ccccc1C(=O)OC(=O)c1ccccc1C(=O)OCCC. The normalized spacial score (nSPS) is 10.1. The molecule has 0 radical (unpaired) electrons. The molecule has 0 spiro atoms. The molecule has 0 fully saturated rings. The van der Waals surface area contributed by atoms with Crippen molar-refractivity contribution in [2.75, 3.05) is 13.2 Å². The number of hydrogen-bond donors (Lipinski definition) is 0. The zero-order chi connectivity index (χ0) is 21.2. The summed E-state index contributed by atoms with van der Waals surface area (Å²) >= 11 is 0. The van der Waals surface area contributed by atoms with Gasteiger partial charge in [0.05, 0.1) is 35.5 Å². The Labute approximate surface area is 168 Å². The van der Waals surface area contributed by atoms with E-state index in [2.05, 4.69) is 0 Å². The molecule has 0 amide bonds. The predicted molar refractivity (Wildman–Crippen MR) is 104 cm³/mol. The van der Waals surface area contributed by atoms with Crippen LogP contribution in [0, 0.1) is 0 Å². The van der Waals surface area contributed by atoms with Crippen LogP contribution in [0.1, 0.15) is 68.1 Å². The van der Waals surface area contributed by atoms with Gasteiger partial charge in [-0.05, 0) is 37.1 Å². The summed E-state index contributed by atoms with van der Waals surface area (Å²) < 4.78 is 15.0. The van der Waals surface area contributed by atoms with Gasteiger partial charge in [-0.2, -0.15) is 0 Å². The minimum atomic E-state index is -1.02. The van der Waals surface area contributed by atoms with Gasteiger partial charge in [0.1, 0.15) is 0 Å². The van der Waals surface area contributed by atoms with Gasteiger partial charge in [-0.15, -0.1) is 0 Å². The summed E-state index contributed by atoms with van der Waals surface area (Å²) in [6, 6.07) is 11.8. The average Bonchev–Trinajstić information content (AvgIpc) is 2.75. The molecule has 0 N–H and O–H groups in total. The van der Waals surface area contributed by atoms with Gasteiger partial charge in [0.25, 0.3) is 0 Å². The fourth-order valence-electron chi connectivity index (χ4n) is 2.42. The summed E-state index contributed by atoms with van der Waals surface area (Å²) in [6.45, 7) is 4.09. The van der Waals surface area contributed by atoms with E-state index in [0.717, 1.165) is 0 Å². The molecular weight excluding hydrogens is 376 g/mol. The maximum atomic E-state index is 12.5. The van der Waals surface area contributed by atoms with Gasteiger partial charge in [-0.1, -0.05) is 38.1 Å². The van der Waals surface area contributed by atoms with Crippen molar-refractivity contribution in [1.29, 1.82) is 0 Å². The minimum Gasteiger partial charge on any atom is -0.462 e. The Morgan fingerprint density at radius 3 is 1.21 bits per heavy atom. The van der Waals surface area contributed by atoms with Gasteiger partial charge < -0.3 is 14.2 Å². The van der Waals surface area contributed by atoms with Crippen molar-refractivity contribution in [3.05, 3.63) is 70.8 Å². The number of benzene rings is 2. The van der Waals surface area contributed by atoms with E-state index < -0.39 is 23.9 Å². The Morgan fingerprint density at radius 2 is 0.897 bits per heavy atom. The quantitative estimate of drug-likeness (QED) is 0.379. The molecule has 0 atom stereocenters. The standard InChI is InChI=1S/C22H22O7/c1-3-13-27-19(23)15-9-5-7-11-17(15)21(25)29-22(26)18-12-8-6-10-16(18)20(24)28-14-4-2/h5-12H,3-4,13-14H2,1-2H3. The summed E-state index contributed by atoms with van der Waals surface area (Å²) in [7, 11) is 0. The summed E-state index contributed by atoms with van der Waals surface area (Å²) in [6.07, 6.45) is 1.25. The van der Waals surface area contributed by atoms with Crippen molar-refractivity contribution >= 4 is 23.9 Å². The van der Waals surface area contributed by atoms with E-state index in [1.54, 1.807) is 12.1 Å². The van der Waals surface area contributed by atoms with Crippen LogP contribution in [-0.4, -0.2) is 37.1 Å². The highest BCUT2D eigenvalue weighted by Gasteiger charge is 2.24. The number of esters is 4. The van der Waals surface area contributed by atoms with Crippen LogP contribution in [0.2, 0.25) is 0 Å². The lowest BCUT2D eigenvalue weighted by Crippen LogP contribution is -2.19. The molecule has 2 rings (SSSR count). The second kappa shape index (κ2) is 10.8.